The van der Waals surface area contributed by atoms with Gasteiger partial charge in [-0.3, -0.25) is 9.59 Å². The van der Waals surface area contributed by atoms with E-state index in [4.69, 9.17) is 4.74 Å². The second kappa shape index (κ2) is 8.48. The highest BCUT2D eigenvalue weighted by Gasteiger charge is 2.33. The van der Waals surface area contributed by atoms with E-state index in [1.807, 2.05) is 35.2 Å². The van der Waals surface area contributed by atoms with Crippen LogP contribution in [-0.2, 0) is 14.3 Å². The molecule has 3 rings (SSSR count). The van der Waals surface area contributed by atoms with Gasteiger partial charge in [-0.2, -0.15) is 0 Å². The van der Waals surface area contributed by atoms with E-state index in [0.717, 1.165) is 37.8 Å². The summed E-state index contributed by atoms with van der Waals surface area (Å²) in [5.41, 5.74) is 0.918. The van der Waals surface area contributed by atoms with Gasteiger partial charge in [0.1, 0.15) is 0 Å². The molecule has 2 atom stereocenters. The smallest absolute Gasteiger partial charge is 0.256 e. The lowest BCUT2D eigenvalue weighted by atomic mass is 10.0. The molecule has 5 heteroatoms. The second-order valence-electron chi connectivity index (χ2n) is 7.16. The lowest BCUT2D eigenvalue weighted by Crippen LogP contribution is -2.50. The summed E-state index contributed by atoms with van der Waals surface area (Å²) in [4.78, 5) is 26.4. The number of nitrogens with one attached hydrogen (secondary N) is 1. The first kappa shape index (κ1) is 17.9. The Bertz CT molecular complexity index is 584. The number of benzene rings is 1. The van der Waals surface area contributed by atoms with Crippen molar-refractivity contribution in [2.45, 2.75) is 63.7 Å². The molecule has 5 nitrogen and oxygen atoms in total. The predicted molar refractivity (Wildman–Crippen MR) is 95.9 cm³/mol. The van der Waals surface area contributed by atoms with Crippen LogP contribution in [0, 0.1) is 0 Å². The Kier molecular flexibility index (Phi) is 6.08. The standard InChI is InChI=1S/C20H28N2O3/c1-15(23)21-17-10-7-13-22(14-17)20(24)19(16-8-3-2-4-9-16)25-18-11-5-6-12-18/h2-4,8-9,17-19H,5-7,10-14H2,1H3,(H,21,23)/t17-,19+/m0/s1. The van der Waals surface area contributed by atoms with Crippen molar-refractivity contribution in [3.8, 4) is 0 Å². The van der Waals surface area contributed by atoms with Crippen LogP contribution in [0.2, 0.25) is 0 Å². The highest BCUT2D eigenvalue weighted by Crippen LogP contribution is 2.30. The third-order valence-electron chi connectivity index (χ3n) is 5.10. The number of amides is 2. The minimum absolute atomic E-state index is 0.0214. The summed E-state index contributed by atoms with van der Waals surface area (Å²) in [5.74, 6) is -0.0192. The third-order valence-corrected chi connectivity index (χ3v) is 5.10. The maximum Gasteiger partial charge on any atom is 0.256 e. The Morgan fingerprint density at radius 1 is 1.12 bits per heavy atom. The Morgan fingerprint density at radius 3 is 2.52 bits per heavy atom. The van der Waals surface area contributed by atoms with E-state index in [1.165, 1.54) is 19.8 Å². The van der Waals surface area contributed by atoms with Crippen LogP contribution < -0.4 is 5.32 Å². The van der Waals surface area contributed by atoms with E-state index in [2.05, 4.69) is 5.32 Å². The van der Waals surface area contributed by atoms with E-state index < -0.39 is 6.10 Å². The van der Waals surface area contributed by atoms with Crippen molar-refractivity contribution >= 4 is 11.8 Å². The van der Waals surface area contributed by atoms with E-state index in [-0.39, 0.29) is 24.0 Å². The molecule has 136 valence electrons. The predicted octanol–water partition coefficient (Wildman–Crippen LogP) is 2.81. The fourth-order valence-corrected chi connectivity index (χ4v) is 3.87. The fraction of sp³-hybridized carbons (Fsp3) is 0.600. The minimum Gasteiger partial charge on any atom is -0.360 e. The van der Waals surface area contributed by atoms with Crippen molar-refractivity contribution in [1.29, 1.82) is 0 Å². The zero-order valence-electron chi connectivity index (χ0n) is 14.9. The highest BCUT2D eigenvalue weighted by atomic mass is 16.5. The molecule has 2 fully saturated rings. The third kappa shape index (κ3) is 4.82. The van der Waals surface area contributed by atoms with Gasteiger partial charge in [0.2, 0.25) is 5.91 Å². The molecule has 1 N–H and O–H groups in total. The van der Waals surface area contributed by atoms with E-state index in [0.29, 0.717) is 6.54 Å². The number of hydrogen-bond acceptors (Lipinski definition) is 3. The molecule has 25 heavy (non-hydrogen) atoms. The van der Waals surface area contributed by atoms with Crippen LogP contribution >= 0.6 is 0 Å². The number of likely N-dealkylation sites (tertiary alicyclic amines) is 1. The molecule has 0 spiro atoms. The average molecular weight is 344 g/mol. The Morgan fingerprint density at radius 2 is 1.84 bits per heavy atom. The molecule has 2 aliphatic rings. The molecular weight excluding hydrogens is 316 g/mol. The molecule has 1 saturated carbocycles. The summed E-state index contributed by atoms with van der Waals surface area (Å²) in [7, 11) is 0. The first-order valence-electron chi connectivity index (χ1n) is 9.40. The Hall–Kier alpha value is -1.88. The Labute approximate surface area is 149 Å². The summed E-state index contributed by atoms with van der Waals surface area (Å²) < 4.78 is 6.25. The summed E-state index contributed by atoms with van der Waals surface area (Å²) in [5, 5.41) is 2.94. The monoisotopic (exact) mass is 344 g/mol. The van der Waals surface area contributed by atoms with Crippen LogP contribution in [-0.4, -0.2) is 41.9 Å². The average Bonchev–Trinajstić information content (AvgIpc) is 3.13. The topological polar surface area (TPSA) is 58.6 Å². The first-order chi connectivity index (χ1) is 12.1. The van der Waals surface area contributed by atoms with Gasteiger partial charge in [-0.1, -0.05) is 43.2 Å². The number of nitrogens with zero attached hydrogens (tertiary/aromatic N) is 1. The van der Waals surface area contributed by atoms with Crippen LogP contribution in [0.4, 0.5) is 0 Å². The normalized spacial score (nSPS) is 22.6. The molecule has 1 saturated heterocycles. The fourth-order valence-electron chi connectivity index (χ4n) is 3.87. The van der Waals surface area contributed by atoms with Crippen molar-refractivity contribution in [2.24, 2.45) is 0 Å². The van der Waals surface area contributed by atoms with E-state index in [9.17, 15) is 9.59 Å². The van der Waals surface area contributed by atoms with Crippen molar-refractivity contribution < 1.29 is 14.3 Å². The maximum absolute atomic E-state index is 13.2. The molecule has 1 heterocycles. The largest absolute Gasteiger partial charge is 0.360 e. The number of hydrogen-bond donors (Lipinski definition) is 1. The SMILES string of the molecule is CC(=O)N[C@H]1CCCN(C(=O)[C@H](OC2CCCC2)c2ccccc2)C1. The lowest BCUT2D eigenvalue weighted by Gasteiger charge is -2.35. The van der Waals surface area contributed by atoms with Gasteiger partial charge in [0.25, 0.3) is 5.91 Å². The lowest BCUT2D eigenvalue weighted by molar-refractivity contribution is -0.150. The summed E-state index contributed by atoms with van der Waals surface area (Å²) in [6.07, 6.45) is 5.87. The number of rotatable bonds is 5. The van der Waals surface area contributed by atoms with Gasteiger partial charge in [0.15, 0.2) is 6.10 Å². The van der Waals surface area contributed by atoms with Crippen molar-refractivity contribution in [2.75, 3.05) is 13.1 Å². The minimum atomic E-state index is -0.541. The molecule has 1 aliphatic carbocycles. The summed E-state index contributed by atoms with van der Waals surface area (Å²) in [6, 6.07) is 9.82. The van der Waals surface area contributed by atoms with Crippen molar-refractivity contribution in [3.63, 3.8) is 0 Å². The molecule has 0 unspecified atom stereocenters. The molecule has 0 bridgehead atoms. The van der Waals surface area contributed by atoms with Gasteiger partial charge in [-0.25, -0.2) is 0 Å². The van der Waals surface area contributed by atoms with Crippen LogP contribution in [0.3, 0.4) is 0 Å². The van der Waals surface area contributed by atoms with Crippen molar-refractivity contribution in [3.05, 3.63) is 35.9 Å². The zero-order valence-corrected chi connectivity index (χ0v) is 14.9. The van der Waals surface area contributed by atoms with Crippen LogP contribution in [0.15, 0.2) is 30.3 Å². The van der Waals surface area contributed by atoms with Gasteiger partial charge < -0.3 is 15.0 Å². The molecular formula is C20H28N2O3. The van der Waals surface area contributed by atoms with Crippen molar-refractivity contribution in [1.82, 2.24) is 10.2 Å². The summed E-state index contributed by atoms with van der Waals surface area (Å²) in [6.45, 7) is 2.82. The molecule has 2 amide bonds. The maximum atomic E-state index is 13.2. The number of piperidine rings is 1. The van der Waals surface area contributed by atoms with Crippen LogP contribution in [0.5, 0.6) is 0 Å². The van der Waals surface area contributed by atoms with Crippen LogP contribution in [0.25, 0.3) is 0 Å². The van der Waals surface area contributed by atoms with E-state index in [1.54, 1.807) is 0 Å². The summed E-state index contributed by atoms with van der Waals surface area (Å²) >= 11 is 0. The molecule has 0 aromatic heterocycles. The van der Waals surface area contributed by atoms with E-state index >= 15 is 0 Å². The van der Waals surface area contributed by atoms with Gasteiger partial charge in [0.05, 0.1) is 6.10 Å². The number of carbonyl (C=O) groups excluding carboxylic acids is 2. The zero-order chi connectivity index (χ0) is 17.6. The second-order valence-corrected chi connectivity index (χ2v) is 7.16. The molecule has 0 radical (unpaired) electrons. The van der Waals surface area contributed by atoms with Crippen LogP contribution in [0.1, 0.15) is 57.1 Å². The molecule has 1 aromatic carbocycles. The highest BCUT2D eigenvalue weighted by molar-refractivity contribution is 5.82. The Balaban J connectivity index is 1.72. The molecule has 1 aliphatic heterocycles. The number of carbonyl (C=O) groups is 2. The number of ether oxygens (including phenoxy) is 1. The first-order valence-corrected chi connectivity index (χ1v) is 9.40. The quantitative estimate of drug-likeness (QED) is 0.893. The molecule has 1 aromatic rings. The van der Waals surface area contributed by atoms with Gasteiger partial charge >= 0.3 is 0 Å². The van der Waals surface area contributed by atoms with Gasteiger partial charge in [-0.15, -0.1) is 0 Å². The van der Waals surface area contributed by atoms with Gasteiger partial charge in [0, 0.05) is 26.1 Å². The van der Waals surface area contributed by atoms with Gasteiger partial charge in [-0.05, 0) is 31.2 Å².